The molecule has 0 fully saturated rings. The average molecular weight is 425 g/mol. The van der Waals surface area contributed by atoms with Crippen LogP contribution in [-0.4, -0.2) is 34.0 Å². The minimum absolute atomic E-state index is 0.632. The number of methoxy groups -OCH3 is 2. The zero-order valence-electron chi connectivity index (χ0n) is 17.9. The van der Waals surface area contributed by atoms with Crippen molar-refractivity contribution in [3.8, 4) is 11.5 Å². The van der Waals surface area contributed by atoms with Crippen LogP contribution in [0.25, 0.3) is 21.8 Å². The monoisotopic (exact) mass is 425 g/mol. The summed E-state index contributed by atoms with van der Waals surface area (Å²) in [6.07, 6.45) is 4.56. The lowest BCUT2D eigenvalue weighted by Crippen LogP contribution is -2.01. The van der Waals surface area contributed by atoms with Gasteiger partial charge in [-0.05, 0) is 36.2 Å². The van der Waals surface area contributed by atoms with Crippen LogP contribution in [0.4, 0.5) is 11.5 Å². The quantitative estimate of drug-likeness (QED) is 0.396. The summed E-state index contributed by atoms with van der Waals surface area (Å²) < 4.78 is 12.8. The van der Waals surface area contributed by atoms with Crippen LogP contribution in [0.1, 0.15) is 5.56 Å². The first-order chi connectivity index (χ1) is 15.7. The molecule has 0 saturated heterocycles. The van der Waals surface area contributed by atoms with E-state index in [0.717, 1.165) is 40.5 Å². The zero-order valence-corrected chi connectivity index (χ0v) is 17.9. The van der Waals surface area contributed by atoms with Crippen molar-refractivity contribution in [2.45, 2.75) is 13.0 Å². The van der Waals surface area contributed by atoms with Gasteiger partial charge in [0, 0.05) is 35.3 Å². The Balaban J connectivity index is 1.41. The van der Waals surface area contributed by atoms with Crippen LogP contribution in [0.5, 0.6) is 11.5 Å². The van der Waals surface area contributed by atoms with Crippen LogP contribution in [0.2, 0.25) is 0 Å². The lowest BCUT2D eigenvalue weighted by molar-refractivity contribution is 0.356. The molecular formula is C25H23N5O2. The predicted molar refractivity (Wildman–Crippen MR) is 126 cm³/mol. The van der Waals surface area contributed by atoms with Crippen molar-refractivity contribution in [2.24, 2.45) is 0 Å². The molecule has 32 heavy (non-hydrogen) atoms. The van der Waals surface area contributed by atoms with Gasteiger partial charge in [-0.15, -0.1) is 0 Å². The van der Waals surface area contributed by atoms with Gasteiger partial charge in [-0.2, -0.15) is 5.10 Å². The molecule has 7 nitrogen and oxygen atoms in total. The van der Waals surface area contributed by atoms with E-state index in [1.807, 2.05) is 35.0 Å². The second kappa shape index (κ2) is 8.55. The number of fused-ring (bicyclic) bond motifs is 2. The van der Waals surface area contributed by atoms with Crippen molar-refractivity contribution < 1.29 is 9.47 Å². The summed E-state index contributed by atoms with van der Waals surface area (Å²) >= 11 is 0. The maximum absolute atomic E-state index is 5.45. The number of aryl methyl sites for hydroxylation is 2. The summed E-state index contributed by atoms with van der Waals surface area (Å²) in [5.41, 5.74) is 3.96. The van der Waals surface area contributed by atoms with Crippen LogP contribution in [0.3, 0.4) is 0 Å². The van der Waals surface area contributed by atoms with Crippen molar-refractivity contribution in [3.63, 3.8) is 0 Å². The Hall–Kier alpha value is -4.13. The third kappa shape index (κ3) is 3.92. The molecule has 7 heteroatoms. The maximum atomic E-state index is 5.45. The smallest absolute Gasteiger partial charge is 0.162 e. The molecule has 0 aliphatic heterocycles. The summed E-state index contributed by atoms with van der Waals surface area (Å²) in [4.78, 5) is 8.81. The third-order valence-corrected chi connectivity index (χ3v) is 5.43. The molecule has 0 unspecified atom stereocenters. The topological polar surface area (TPSA) is 74.1 Å². The van der Waals surface area contributed by atoms with Crippen molar-refractivity contribution in [1.29, 1.82) is 0 Å². The van der Waals surface area contributed by atoms with Crippen molar-refractivity contribution in [1.82, 2.24) is 19.7 Å². The van der Waals surface area contributed by atoms with Crippen molar-refractivity contribution >= 4 is 33.3 Å². The van der Waals surface area contributed by atoms with Crippen molar-refractivity contribution in [3.05, 3.63) is 78.8 Å². The number of ether oxygens (including phenoxy) is 2. The minimum atomic E-state index is 0.632. The molecule has 3 aromatic carbocycles. The summed E-state index contributed by atoms with van der Waals surface area (Å²) in [7, 11) is 3.23. The number of nitrogens with zero attached hydrogens (tertiary/aromatic N) is 4. The molecule has 1 N–H and O–H groups in total. The third-order valence-electron chi connectivity index (χ3n) is 5.43. The number of aromatic nitrogens is 4. The number of hydrogen-bond donors (Lipinski definition) is 1. The number of nitrogens with one attached hydrogen (secondary N) is 1. The summed E-state index contributed by atoms with van der Waals surface area (Å²) in [5.74, 6) is 1.97. The molecule has 0 aliphatic rings. The van der Waals surface area contributed by atoms with Gasteiger partial charge in [0.1, 0.15) is 12.1 Å². The molecular weight excluding hydrogens is 402 g/mol. The zero-order chi connectivity index (χ0) is 21.9. The Morgan fingerprint density at radius 1 is 0.875 bits per heavy atom. The molecule has 160 valence electrons. The molecule has 5 aromatic rings. The maximum Gasteiger partial charge on any atom is 0.162 e. The largest absolute Gasteiger partial charge is 0.493 e. The normalized spacial score (nSPS) is 11.1. The molecule has 5 rings (SSSR count). The molecule has 2 heterocycles. The van der Waals surface area contributed by atoms with Crippen molar-refractivity contribution in [2.75, 3.05) is 19.5 Å². The number of hydrogen-bond acceptors (Lipinski definition) is 6. The Labute approximate surface area is 185 Å². The Morgan fingerprint density at radius 2 is 1.69 bits per heavy atom. The summed E-state index contributed by atoms with van der Waals surface area (Å²) in [6, 6.07) is 20.3. The van der Waals surface area contributed by atoms with Crippen LogP contribution >= 0.6 is 0 Å². The molecule has 0 spiro atoms. The average Bonchev–Trinajstić information content (AvgIpc) is 3.25. The predicted octanol–water partition coefficient (Wildman–Crippen LogP) is 4.98. The first-order valence-corrected chi connectivity index (χ1v) is 10.4. The highest BCUT2D eigenvalue weighted by molar-refractivity contribution is 5.94. The fourth-order valence-corrected chi connectivity index (χ4v) is 3.78. The van der Waals surface area contributed by atoms with E-state index >= 15 is 0 Å². The van der Waals surface area contributed by atoms with E-state index in [-0.39, 0.29) is 0 Å². The van der Waals surface area contributed by atoms with E-state index in [1.54, 1.807) is 14.2 Å². The van der Waals surface area contributed by atoms with Gasteiger partial charge in [0.05, 0.1) is 25.3 Å². The molecule has 0 amide bonds. The summed E-state index contributed by atoms with van der Waals surface area (Å²) in [5, 5.41) is 10.0. The SMILES string of the molecule is COc1cc2ncnc(Nc3ccc4nn(CCc5ccccc5)cc4c3)c2cc1OC. The Morgan fingerprint density at radius 3 is 2.50 bits per heavy atom. The van der Waals surface area contributed by atoms with Crippen LogP contribution < -0.4 is 14.8 Å². The van der Waals surface area contributed by atoms with Gasteiger partial charge < -0.3 is 14.8 Å². The van der Waals surface area contributed by atoms with E-state index < -0.39 is 0 Å². The highest BCUT2D eigenvalue weighted by Gasteiger charge is 2.11. The van der Waals surface area contributed by atoms with Gasteiger partial charge in [0.15, 0.2) is 11.5 Å². The molecule has 0 aliphatic carbocycles. The number of rotatable bonds is 7. The van der Waals surface area contributed by atoms with E-state index in [1.165, 1.54) is 11.9 Å². The first-order valence-electron chi connectivity index (χ1n) is 10.4. The second-order valence-electron chi connectivity index (χ2n) is 7.47. The molecule has 0 radical (unpaired) electrons. The van der Waals surface area contributed by atoms with Crippen LogP contribution in [-0.2, 0) is 13.0 Å². The van der Waals surface area contributed by atoms with E-state index in [9.17, 15) is 0 Å². The standard InChI is InChI=1S/C25H23N5O2/c1-31-23-13-20-22(14-24(23)32-2)26-16-27-25(20)28-19-8-9-21-18(12-19)15-30(29-21)11-10-17-6-4-3-5-7-17/h3-9,12-16H,10-11H2,1-2H3,(H,26,27,28). The number of benzene rings is 3. The van der Waals surface area contributed by atoms with Gasteiger partial charge in [-0.1, -0.05) is 30.3 Å². The second-order valence-corrected chi connectivity index (χ2v) is 7.47. The molecule has 0 saturated carbocycles. The van der Waals surface area contributed by atoms with E-state index in [0.29, 0.717) is 17.3 Å². The molecule has 0 atom stereocenters. The first kappa shape index (κ1) is 19.8. The highest BCUT2D eigenvalue weighted by atomic mass is 16.5. The van der Waals surface area contributed by atoms with Gasteiger partial charge in [0.25, 0.3) is 0 Å². The fraction of sp³-hybridized carbons (Fsp3) is 0.160. The van der Waals surface area contributed by atoms with Gasteiger partial charge in [0.2, 0.25) is 0 Å². The Bertz CT molecular complexity index is 1380. The minimum Gasteiger partial charge on any atom is -0.493 e. The van der Waals surface area contributed by atoms with Gasteiger partial charge in [-0.3, -0.25) is 4.68 Å². The highest BCUT2D eigenvalue weighted by Crippen LogP contribution is 2.34. The Kier molecular flexibility index (Phi) is 5.29. The van der Waals surface area contributed by atoms with E-state index in [4.69, 9.17) is 14.6 Å². The fourth-order valence-electron chi connectivity index (χ4n) is 3.78. The van der Waals surface area contributed by atoms with E-state index in [2.05, 4.69) is 51.8 Å². The van der Waals surface area contributed by atoms with Gasteiger partial charge >= 0.3 is 0 Å². The lowest BCUT2D eigenvalue weighted by Gasteiger charge is -2.12. The lowest BCUT2D eigenvalue weighted by atomic mass is 10.1. The number of anilines is 2. The van der Waals surface area contributed by atoms with Crippen LogP contribution in [0, 0.1) is 0 Å². The van der Waals surface area contributed by atoms with Gasteiger partial charge in [-0.25, -0.2) is 9.97 Å². The summed E-state index contributed by atoms with van der Waals surface area (Å²) in [6.45, 7) is 0.833. The van der Waals surface area contributed by atoms with Crippen LogP contribution in [0.15, 0.2) is 73.2 Å². The molecule has 2 aromatic heterocycles. The molecule has 0 bridgehead atoms.